The SMILES string of the molecule is CCCCOC(=O)c1ccccc1Oc1nc(Oc2ccc(C(=N)N)c(N)c2)c2nc(C)n(Cc3ccccc3)c2n1. The summed E-state index contributed by atoms with van der Waals surface area (Å²) in [6.45, 7) is 4.71. The number of anilines is 1. The Balaban J connectivity index is 1.57. The molecule has 0 aliphatic carbocycles. The molecule has 0 unspecified atom stereocenters. The highest BCUT2D eigenvalue weighted by Crippen LogP contribution is 2.33. The van der Waals surface area contributed by atoms with E-state index in [0.717, 1.165) is 18.4 Å². The number of aromatic nitrogens is 4. The quantitative estimate of drug-likeness (QED) is 0.0608. The number of unbranched alkanes of at least 4 members (excludes halogenated alkanes) is 1. The fourth-order valence-electron chi connectivity index (χ4n) is 4.31. The number of nitrogens with one attached hydrogen (secondary N) is 1. The molecule has 0 saturated carbocycles. The average Bonchev–Trinajstić information content (AvgIpc) is 3.28. The monoisotopic (exact) mass is 565 g/mol. The van der Waals surface area contributed by atoms with Crippen LogP contribution in [0.2, 0.25) is 0 Å². The number of nitrogen functional groups attached to an aromatic ring is 2. The van der Waals surface area contributed by atoms with Crippen molar-refractivity contribution >= 4 is 28.7 Å². The van der Waals surface area contributed by atoms with Crippen molar-refractivity contribution in [3.05, 3.63) is 95.3 Å². The predicted molar refractivity (Wildman–Crippen MR) is 159 cm³/mol. The van der Waals surface area contributed by atoms with Gasteiger partial charge in [0.25, 0.3) is 5.88 Å². The van der Waals surface area contributed by atoms with E-state index in [1.54, 1.807) is 42.5 Å². The minimum atomic E-state index is -0.498. The lowest BCUT2D eigenvalue weighted by molar-refractivity contribution is 0.0496. The van der Waals surface area contributed by atoms with Gasteiger partial charge in [-0.2, -0.15) is 9.97 Å². The normalized spacial score (nSPS) is 10.9. The van der Waals surface area contributed by atoms with Crippen LogP contribution < -0.4 is 20.9 Å². The number of imidazole rings is 1. The van der Waals surface area contributed by atoms with Crippen LogP contribution in [0.1, 0.15) is 47.1 Å². The molecule has 11 heteroatoms. The first-order chi connectivity index (χ1) is 20.3. The number of hydrogen-bond donors (Lipinski definition) is 3. The number of ether oxygens (including phenoxy) is 3. The highest BCUT2D eigenvalue weighted by atomic mass is 16.5. The van der Waals surface area contributed by atoms with Gasteiger partial charge < -0.3 is 30.2 Å². The van der Waals surface area contributed by atoms with Crippen LogP contribution in [-0.4, -0.2) is 37.9 Å². The van der Waals surface area contributed by atoms with Crippen molar-refractivity contribution in [3.8, 4) is 23.4 Å². The summed E-state index contributed by atoms with van der Waals surface area (Å²) in [5, 5.41) is 7.70. The first-order valence-electron chi connectivity index (χ1n) is 13.5. The van der Waals surface area contributed by atoms with Gasteiger partial charge in [0, 0.05) is 17.3 Å². The second kappa shape index (κ2) is 12.4. The van der Waals surface area contributed by atoms with E-state index >= 15 is 0 Å². The summed E-state index contributed by atoms with van der Waals surface area (Å²) in [7, 11) is 0. The summed E-state index contributed by atoms with van der Waals surface area (Å²) in [4.78, 5) is 26.7. The van der Waals surface area contributed by atoms with Crippen LogP contribution in [0.15, 0.2) is 72.8 Å². The average molecular weight is 566 g/mol. The van der Waals surface area contributed by atoms with Crippen molar-refractivity contribution < 1.29 is 19.0 Å². The summed E-state index contributed by atoms with van der Waals surface area (Å²) < 4.78 is 19.6. The Kier molecular flexibility index (Phi) is 8.28. The lowest BCUT2D eigenvalue weighted by Crippen LogP contribution is -2.13. The number of rotatable bonds is 11. The third-order valence-corrected chi connectivity index (χ3v) is 6.48. The van der Waals surface area contributed by atoms with Gasteiger partial charge in [-0.05, 0) is 43.2 Å². The zero-order valence-electron chi connectivity index (χ0n) is 23.3. The molecule has 5 aromatic rings. The number of hydrogen-bond acceptors (Lipinski definition) is 9. The van der Waals surface area contributed by atoms with Crippen molar-refractivity contribution in [3.63, 3.8) is 0 Å². The zero-order valence-corrected chi connectivity index (χ0v) is 23.3. The van der Waals surface area contributed by atoms with E-state index in [1.807, 2.05) is 48.7 Å². The Labute approximate surface area is 242 Å². The summed E-state index contributed by atoms with van der Waals surface area (Å²) >= 11 is 0. The summed E-state index contributed by atoms with van der Waals surface area (Å²) in [6, 6.07) is 21.4. The molecule has 0 aliphatic rings. The van der Waals surface area contributed by atoms with Gasteiger partial charge in [-0.1, -0.05) is 55.8 Å². The lowest BCUT2D eigenvalue weighted by Gasteiger charge is -2.13. The second-order valence-electron chi connectivity index (χ2n) is 9.57. The van der Waals surface area contributed by atoms with Crippen LogP contribution in [0.5, 0.6) is 23.4 Å². The highest BCUT2D eigenvalue weighted by Gasteiger charge is 2.21. The maximum Gasteiger partial charge on any atom is 0.341 e. The molecule has 0 fully saturated rings. The maximum absolute atomic E-state index is 12.8. The Bertz CT molecular complexity index is 1750. The second-order valence-corrected chi connectivity index (χ2v) is 9.57. The molecule has 11 nitrogen and oxygen atoms in total. The van der Waals surface area contributed by atoms with Crippen LogP contribution in [0, 0.1) is 12.3 Å². The predicted octanol–water partition coefficient (Wildman–Crippen LogP) is 5.59. The molecule has 0 spiro atoms. The smallest absolute Gasteiger partial charge is 0.341 e. The molecule has 3 aromatic carbocycles. The van der Waals surface area contributed by atoms with Crippen molar-refractivity contribution in [2.45, 2.75) is 33.2 Å². The number of carbonyl (C=O) groups excluding carboxylic acids is 1. The van der Waals surface area contributed by atoms with Crippen LogP contribution in [0.25, 0.3) is 11.2 Å². The number of carbonyl (C=O) groups is 1. The van der Waals surface area contributed by atoms with Crippen molar-refractivity contribution in [2.24, 2.45) is 5.73 Å². The lowest BCUT2D eigenvalue weighted by atomic mass is 10.1. The van der Waals surface area contributed by atoms with Gasteiger partial charge in [0.2, 0.25) is 0 Å². The van der Waals surface area contributed by atoms with Crippen LogP contribution in [0.3, 0.4) is 0 Å². The molecule has 0 bridgehead atoms. The Morgan fingerprint density at radius 2 is 1.71 bits per heavy atom. The summed E-state index contributed by atoms with van der Waals surface area (Å²) in [6.07, 6.45) is 1.67. The van der Waals surface area contributed by atoms with E-state index in [2.05, 4.69) is 9.97 Å². The molecule has 0 amide bonds. The summed E-state index contributed by atoms with van der Waals surface area (Å²) in [5.74, 6) is 0.770. The van der Waals surface area contributed by atoms with E-state index in [0.29, 0.717) is 41.5 Å². The molecule has 0 radical (unpaired) electrons. The molecule has 5 rings (SSSR count). The Hall–Kier alpha value is -5.45. The van der Waals surface area contributed by atoms with Gasteiger partial charge in [-0.25, -0.2) is 9.78 Å². The maximum atomic E-state index is 12.8. The number of para-hydroxylation sites is 1. The van der Waals surface area contributed by atoms with Crippen LogP contribution >= 0.6 is 0 Å². The van der Waals surface area contributed by atoms with E-state index in [1.165, 1.54) is 0 Å². The minimum absolute atomic E-state index is 0.0474. The van der Waals surface area contributed by atoms with Crippen molar-refractivity contribution in [1.82, 2.24) is 19.5 Å². The van der Waals surface area contributed by atoms with Gasteiger partial charge in [0.15, 0.2) is 11.2 Å². The van der Waals surface area contributed by atoms with Gasteiger partial charge >= 0.3 is 12.0 Å². The van der Waals surface area contributed by atoms with Crippen LogP contribution in [0.4, 0.5) is 5.69 Å². The molecule has 42 heavy (non-hydrogen) atoms. The van der Waals surface area contributed by atoms with Gasteiger partial charge in [0.05, 0.1) is 13.2 Å². The number of fused-ring (bicyclic) bond motifs is 1. The number of benzene rings is 3. The van der Waals surface area contributed by atoms with E-state index in [9.17, 15) is 4.79 Å². The molecular formula is C31H31N7O4. The fourth-order valence-corrected chi connectivity index (χ4v) is 4.31. The Morgan fingerprint density at radius 1 is 0.952 bits per heavy atom. The molecule has 0 aliphatic heterocycles. The summed E-state index contributed by atoms with van der Waals surface area (Å²) in [5.41, 5.74) is 14.6. The number of esters is 1. The number of nitrogens with two attached hydrogens (primary N) is 2. The van der Waals surface area contributed by atoms with Crippen LogP contribution in [-0.2, 0) is 11.3 Å². The van der Waals surface area contributed by atoms with Crippen molar-refractivity contribution in [1.29, 1.82) is 5.41 Å². The topological polar surface area (TPSA) is 164 Å². The third kappa shape index (κ3) is 6.15. The molecule has 2 aromatic heterocycles. The Morgan fingerprint density at radius 3 is 2.45 bits per heavy atom. The number of amidine groups is 1. The molecule has 5 N–H and O–H groups in total. The molecule has 2 heterocycles. The highest BCUT2D eigenvalue weighted by molar-refractivity contribution is 6.00. The first kappa shape index (κ1) is 28.1. The number of aryl methyl sites for hydroxylation is 1. The molecule has 0 atom stereocenters. The fraction of sp³-hybridized carbons (Fsp3) is 0.194. The molecule has 214 valence electrons. The third-order valence-electron chi connectivity index (χ3n) is 6.48. The molecule has 0 saturated heterocycles. The van der Waals surface area contributed by atoms with Gasteiger partial charge in [-0.3, -0.25) is 5.41 Å². The van der Waals surface area contributed by atoms with Crippen molar-refractivity contribution in [2.75, 3.05) is 12.3 Å². The first-order valence-corrected chi connectivity index (χ1v) is 13.5. The molecular weight excluding hydrogens is 534 g/mol. The number of nitrogens with zero attached hydrogens (tertiary/aromatic N) is 4. The van der Waals surface area contributed by atoms with Gasteiger partial charge in [-0.15, -0.1) is 0 Å². The van der Waals surface area contributed by atoms with E-state index in [-0.39, 0.29) is 34.7 Å². The van der Waals surface area contributed by atoms with E-state index < -0.39 is 5.97 Å². The van der Waals surface area contributed by atoms with Gasteiger partial charge in [0.1, 0.15) is 28.7 Å². The largest absolute Gasteiger partial charge is 0.462 e. The standard InChI is InChI=1S/C31H31N7O4/c1-3-4-16-40-30(39)23-12-8-9-13-25(23)42-31-36-28-26(35-19(2)38(28)18-20-10-6-5-7-11-20)29(37-31)41-21-14-15-22(27(33)34)24(32)17-21/h5-15,17H,3-4,16,18,32H2,1-2H3,(H3,33,34). The minimum Gasteiger partial charge on any atom is -0.462 e. The zero-order chi connectivity index (χ0) is 29.6. The van der Waals surface area contributed by atoms with E-state index in [4.69, 9.17) is 36.1 Å².